The Labute approximate surface area is 166 Å². The second kappa shape index (κ2) is 9.92. The van der Waals surface area contributed by atoms with Crippen molar-refractivity contribution in [3.8, 4) is 5.75 Å². The van der Waals surface area contributed by atoms with Gasteiger partial charge in [0.05, 0.1) is 19.9 Å². The first kappa shape index (κ1) is 20.7. The topological polar surface area (TPSA) is 137 Å². The van der Waals surface area contributed by atoms with Crippen LogP contribution in [0.2, 0.25) is 0 Å². The first-order valence-corrected chi connectivity index (χ1v) is 8.46. The zero-order valence-corrected chi connectivity index (χ0v) is 15.7. The quantitative estimate of drug-likeness (QED) is 0.372. The third-order valence-electron chi connectivity index (χ3n) is 3.24. The minimum atomic E-state index is -0.555. The number of nitro groups is 2. The number of carbonyl (C=O) groups excluding carboxylic acids is 1. The summed E-state index contributed by atoms with van der Waals surface area (Å²) in [4.78, 5) is 32.2. The van der Waals surface area contributed by atoms with Crippen LogP contribution >= 0.6 is 15.9 Å². The summed E-state index contributed by atoms with van der Waals surface area (Å²) < 4.78 is 5.59. The summed E-state index contributed by atoms with van der Waals surface area (Å²) in [7, 11) is 0. The molecule has 0 fully saturated rings. The third kappa shape index (κ3) is 5.99. The van der Waals surface area contributed by atoms with Crippen LogP contribution in [0.1, 0.15) is 5.56 Å². The zero-order chi connectivity index (χ0) is 20.5. The van der Waals surface area contributed by atoms with E-state index in [-0.39, 0.29) is 23.7 Å². The van der Waals surface area contributed by atoms with Crippen molar-refractivity contribution in [2.24, 2.45) is 5.10 Å². The Morgan fingerprint density at radius 2 is 1.93 bits per heavy atom. The van der Waals surface area contributed by atoms with E-state index >= 15 is 0 Å². The Kier molecular flexibility index (Phi) is 7.34. The maximum absolute atomic E-state index is 11.7. The minimum Gasteiger partial charge on any atom is -0.483 e. The molecule has 28 heavy (non-hydrogen) atoms. The Bertz CT molecular complexity index is 960. The van der Waals surface area contributed by atoms with Crippen LogP contribution in [-0.2, 0) is 4.79 Å². The number of non-ortho nitro benzene ring substituents is 1. The van der Waals surface area contributed by atoms with E-state index in [1.165, 1.54) is 42.6 Å². The average molecular weight is 449 g/mol. The molecule has 144 valence electrons. The number of rotatable bonds is 8. The van der Waals surface area contributed by atoms with E-state index in [9.17, 15) is 25.0 Å². The number of para-hydroxylation sites is 1. The molecule has 11 heteroatoms. The van der Waals surface area contributed by atoms with Gasteiger partial charge in [0.25, 0.3) is 17.3 Å². The summed E-state index contributed by atoms with van der Waals surface area (Å²) in [6, 6.07) is 10.1. The molecule has 0 saturated heterocycles. The molecule has 2 rings (SSSR count). The largest absolute Gasteiger partial charge is 0.483 e. The van der Waals surface area contributed by atoms with Crippen LogP contribution in [0.4, 0.5) is 11.4 Å². The predicted molar refractivity (Wildman–Crippen MR) is 105 cm³/mol. The standard InChI is InChI=1S/C17H13BrN4O6/c18-14-10-13(21(24)25)7-8-16(14)28-11-17(23)20-19-9-3-5-12-4-1-2-6-15(12)22(26)27/h1-10H,11H2,(H,20,23)/b5-3+,19-9+. The number of hydrogen-bond donors (Lipinski definition) is 1. The molecule has 0 saturated carbocycles. The molecule has 10 nitrogen and oxygen atoms in total. The predicted octanol–water partition coefficient (Wildman–Crippen LogP) is 3.46. The van der Waals surface area contributed by atoms with Gasteiger partial charge < -0.3 is 4.74 Å². The monoisotopic (exact) mass is 448 g/mol. The van der Waals surface area contributed by atoms with E-state index in [2.05, 4.69) is 26.5 Å². The highest BCUT2D eigenvalue weighted by Gasteiger charge is 2.11. The van der Waals surface area contributed by atoms with Gasteiger partial charge in [0.1, 0.15) is 5.75 Å². The number of amides is 1. The van der Waals surface area contributed by atoms with Gasteiger partial charge in [-0.1, -0.05) is 12.1 Å². The van der Waals surface area contributed by atoms with Gasteiger partial charge in [-0.15, -0.1) is 0 Å². The van der Waals surface area contributed by atoms with Gasteiger partial charge in [0.15, 0.2) is 6.61 Å². The number of nitrogens with one attached hydrogen (secondary N) is 1. The Balaban J connectivity index is 1.84. The van der Waals surface area contributed by atoms with Gasteiger partial charge in [0, 0.05) is 24.4 Å². The number of nitrogens with zero attached hydrogens (tertiary/aromatic N) is 3. The normalized spacial score (nSPS) is 10.9. The number of carbonyl (C=O) groups is 1. The first-order valence-electron chi connectivity index (χ1n) is 7.67. The lowest BCUT2D eigenvalue weighted by Crippen LogP contribution is -2.24. The number of hydrogen-bond acceptors (Lipinski definition) is 7. The van der Waals surface area contributed by atoms with E-state index in [1.54, 1.807) is 18.2 Å². The number of allylic oxidation sites excluding steroid dienone is 1. The van der Waals surface area contributed by atoms with Crippen LogP contribution < -0.4 is 10.2 Å². The maximum Gasteiger partial charge on any atom is 0.277 e. The van der Waals surface area contributed by atoms with Crippen molar-refractivity contribution in [2.45, 2.75) is 0 Å². The van der Waals surface area contributed by atoms with Gasteiger partial charge in [-0.05, 0) is 40.2 Å². The highest BCUT2D eigenvalue weighted by atomic mass is 79.9. The van der Waals surface area contributed by atoms with Crippen molar-refractivity contribution in [3.05, 3.63) is 78.8 Å². The number of benzene rings is 2. The molecule has 2 aromatic carbocycles. The van der Waals surface area contributed by atoms with Gasteiger partial charge in [-0.2, -0.15) is 5.10 Å². The molecule has 0 heterocycles. The van der Waals surface area contributed by atoms with Gasteiger partial charge in [0.2, 0.25) is 0 Å². The average Bonchev–Trinajstić information content (AvgIpc) is 2.66. The third-order valence-corrected chi connectivity index (χ3v) is 3.86. The summed E-state index contributed by atoms with van der Waals surface area (Å²) in [5.41, 5.74) is 2.47. The van der Waals surface area contributed by atoms with Crippen LogP contribution in [0.5, 0.6) is 5.75 Å². The minimum absolute atomic E-state index is 0.0433. The molecule has 1 amide bonds. The van der Waals surface area contributed by atoms with Crippen LogP contribution in [-0.4, -0.2) is 28.6 Å². The molecule has 0 atom stereocenters. The molecule has 2 aromatic rings. The lowest BCUT2D eigenvalue weighted by atomic mass is 10.2. The molecule has 0 aromatic heterocycles. The molecule has 0 aliphatic heterocycles. The number of hydrazone groups is 1. The van der Waals surface area contributed by atoms with Crippen LogP contribution in [0.15, 0.2) is 58.1 Å². The van der Waals surface area contributed by atoms with Crippen LogP contribution in [0, 0.1) is 20.2 Å². The van der Waals surface area contributed by atoms with Gasteiger partial charge in [-0.25, -0.2) is 5.43 Å². The van der Waals surface area contributed by atoms with Crippen molar-refractivity contribution in [2.75, 3.05) is 6.61 Å². The molecule has 0 aliphatic carbocycles. The van der Waals surface area contributed by atoms with Gasteiger partial charge in [-0.3, -0.25) is 25.0 Å². The van der Waals surface area contributed by atoms with Crippen molar-refractivity contribution < 1.29 is 19.4 Å². The Morgan fingerprint density at radius 3 is 2.61 bits per heavy atom. The highest BCUT2D eigenvalue weighted by Crippen LogP contribution is 2.28. The lowest BCUT2D eigenvalue weighted by molar-refractivity contribution is -0.385. The summed E-state index contributed by atoms with van der Waals surface area (Å²) in [6.07, 6.45) is 4.19. The fraction of sp³-hybridized carbons (Fsp3) is 0.0588. The van der Waals surface area contributed by atoms with E-state index in [1.807, 2.05) is 0 Å². The van der Waals surface area contributed by atoms with E-state index in [4.69, 9.17) is 4.74 Å². The van der Waals surface area contributed by atoms with Crippen molar-refractivity contribution in [1.82, 2.24) is 5.43 Å². The molecular weight excluding hydrogens is 436 g/mol. The van der Waals surface area contributed by atoms with E-state index in [0.717, 1.165) is 0 Å². The fourth-order valence-electron chi connectivity index (χ4n) is 1.99. The van der Waals surface area contributed by atoms with Crippen molar-refractivity contribution in [1.29, 1.82) is 0 Å². The molecule has 0 unspecified atom stereocenters. The molecule has 0 radical (unpaired) electrons. The SMILES string of the molecule is O=C(COc1ccc([N+](=O)[O-])cc1Br)N/N=C/C=C/c1ccccc1[N+](=O)[O-]. The van der Waals surface area contributed by atoms with Crippen molar-refractivity contribution >= 4 is 45.5 Å². The van der Waals surface area contributed by atoms with Crippen molar-refractivity contribution in [3.63, 3.8) is 0 Å². The van der Waals surface area contributed by atoms with Crippen LogP contribution in [0.25, 0.3) is 6.08 Å². The first-order chi connectivity index (χ1) is 13.4. The number of nitro benzene ring substituents is 2. The Hall–Kier alpha value is -3.60. The zero-order valence-electron chi connectivity index (χ0n) is 14.1. The molecular formula is C17H13BrN4O6. The van der Waals surface area contributed by atoms with Crippen LogP contribution in [0.3, 0.4) is 0 Å². The number of halogens is 1. The lowest BCUT2D eigenvalue weighted by Gasteiger charge is -2.06. The van der Waals surface area contributed by atoms with E-state index in [0.29, 0.717) is 10.0 Å². The maximum atomic E-state index is 11.7. The second-order valence-corrected chi connectivity index (χ2v) is 6.00. The summed E-state index contributed by atoms with van der Waals surface area (Å²) in [5.74, 6) is -0.290. The molecule has 0 spiro atoms. The second-order valence-electron chi connectivity index (χ2n) is 5.15. The summed E-state index contributed by atoms with van der Waals surface area (Å²) in [6.45, 7) is -0.360. The fourth-order valence-corrected chi connectivity index (χ4v) is 2.47. The summed E-state index contributed by atoms with van der Waals surface area (Å²) >= 11 is 3.13. The summed E-state index contributed by atoms with van der Waals surface area (Å²) in [5, 5.41) is 25.2. The highest BCUT2D eigenvalue weighted by molar-refractivity contribution is 9.10. The smallest absolute Gasteiger partial charge is 0.277 e. The number of ether oxygens (including phenoxy) is 1. The molecule has 1 N–H and O–H groups in total. The van der Waals surface area contributed by atoms with Gasteiger partial charge >= 0.3 is 0 Å². The van der Waals surface area contributed by atoms with E-state index < -0.39 is 15.8 Å². The molecule has 0 bridgehead atoms. The Morgan fingerprint density at radius 1 is 1.18 bits per heavy atom. The molecule has 0 aliphatic rings.